The molecule has 2 aromatic rings. The van der Waals surface area contributed by atoms with E-state index in [9.17, 15) is 19.2 Å². The maximum atomic E-state index is 13.6. The molecule has 4 rings (SSSR count). The van der Waals surface area contributed by atoms with Crippen LogP contribution in [0.2, 0.25) is 0 Å². The number of hydrogen-bond acceptors (Lipinski definition) is 7. The Morgan fingerprint density at radius 3 is 2.18 bits per heavy atom. The number of quaternary nitrogens is 1. The first-order chi connectivity index (χ1) is 24.2. The van der Waals surface area contributed by atoms with Crippen molar-refractivity contribution in [2.24, 2.45) is 23.7 Å². The summed E-state index contributed by atoms with van der Waals surface area (Å²) in [5.74, 6) is 0.536. The fraction of sp³-hybridized carbons (Fsp3) is 0.590. The van der Waals surface area contributed by atoms with E-state index in [1.54, 1.807) is 24.3 Å². The summed E-state index contributed by atoms with van der Waals surface area (Å²) in [5.41, 5.74) is 5.66. The molecule has 0 unspecified atom stereocenters. The summed E-state index contributed by atoms with van der Waals surface area (Å²) in [6.07, 6.45) is 10.5. The number of carbonyl (C=O) groups excluding carboxylic acids is 4. The van der Waals surface area contributed by atoms with Gasteiger partial charge >= 0.3 is 12.1 Å². The Morgan fingerprint density at radius 2 is 1.51 bits per heavy atom. The number of benzene rings is 2. The summed E-state index contributed by atoms with van der Waals surface area (Å²) >= 11 is 3.44. The Bertz CT molecular complexity index is 1380. The third kappa shape index (κ3) is 14.4. The highest BCUT2D eigenvalue weighted by atomic mass is 79.9. The molecule has 2 fully saturated rings. The summed E-state index contributed by atoms with van der Waals surface area (Å²) in [4.78, 5) is 51.8. The van der Waals surface area contributed by atoms with Crippen LogP contribution in [0.3, 0.4) is 0 Å². The number of halogens is 2. The molecule has 51 heavy (non-hydrogen) atoms. The number of rotatable bonds is 17. The molecule has 0 aromatic heterocycles. The number of amides is 2. The number of ether oxygens (including phenoxy) is 3. The van der Waals surface area contributed by atoms with Crippen LogP contribution in [-0.2, 0) is 36.9 Å². The van der Waals surface area contributed by atoms with Gasteiger partial charge < -0.3 is 43.0 Å². The summed E-state index contributed by atoms with van der Waals surface area (Å²) in [6, 6.07) is 13.6. The third-order valence-corrected chi connectivity index (χ3v) is 10.9. The molecular weight excluding hydrogens is 738 g/mol. The Morgan fingerprint density at radius 1 is 0.843 bits per heavy atom. The maximum Gasteiger partial charge on any atom is 0.514 e. The second kappa shape index (κ2) is 22.7. The molecule has 282 valence electrons. The third-order valence-electron chi connectivity index (χ3n) is 10.1. The molecule has 2 aromatic carbocycles. The zero-order valence-electron chi connectivity index (χ0n) is 29.8. The lowest BCUT2D eigenvalue weighted by atomic mass is 9.81. The molecule has 2 aliphatic rings. The van der Waals surface area contributed by atoms with Gasteiger partial charge in [0, 0.05) is 34.8 Å². The number of hydrogen-bond donors (Lipinski definition) is 3. The minimum Gasteiger partial charge on any atom is -1.00 e. The highest BCUT2D eigenvalue weighted by Gasteiger charge is 2.31. The van der Waals surface area contributed by atoms with Crippen molar-refractivity contribution in [1.29, 1.82) is 0 Å². The van der Waals surface area contributed by atoms with Gasteiger partial charge in [0.25, 0.3) is 0 Å². The van der Waals surface area contributed by atoms with E-state index in [-0.39, 0.29) is 61.0 Å². The quantitative estimate of drug-likeness (QED) is 0.127. The molecule has 0 spiro atoms. The number of carbonyl (C=O) groups is 4. The molecule has 0 aliphatic heterocycles. The van der Waals surface area contributed by atoms with E-state index in [4.69, 9.17) is 14.2 Å². The standard InChI is InChI=1S/C39H54BrN3O7.ClH/c1-2-3-4-7-22-48-38(46)31-18-12-29(13-19-31)25-42-37(45)35(43-36(44)30-16-10-28(24-41)11-17-30)23-27-14-20-33(21-15-27)50-39(47)49-26-32-8-5-6-9-34(32)40;/h5-6,8-9,14-15,20-21,28-31,35H,2-4,7,10-13,16-19,22-26,41H2,1H3,(H,42,45)(H,43,44);1H/t28?,29?,30?,31?,35-;/m0./s1. The number of esters is 1. The summed E-state index contributed by atoms with van der Waals surface area (Å²) in [5, 5.41) is 6.15. The summed E-state index contributed by atoms with van der Waals surface area (Å²) in [7, 11) is 0. The van der Waals surface area contributed by atoms with Crippen LogP contribution < -0.4 is 33.5 Å². The monoisotopic (exact) mass is 791 g/mol. The first-order valence-corrected chi connectivity index (χ1v) is 19.3. The van der Waals surface area contributed by atoms with Crippen molar-refractivity contribution in [2.45, 2.75) is 103 Å². The van der Waals surface area contributed by atoms with Crippen LogP contribution in [0.15, 0.2) is 53.0 Å². The largest absolute Gasteiger partial charge is 1.00 e. The van der Waals surface area contributed by atoms with Crippen molar-refractivity contribution in [3.63, 3.8) is 0 Å². The average Bonchev–Trinajstić information content (AvgIpc) is 3.14. The lowest BCUT2D eigenvalue weighted by Gasteiger charge is -2.29. The maximum absolute atomic E-state index is 13.6. The Labute approximate surface area is 317 Å². The topological polar surface area (TPSA) is 148 Å². The molecule has 0 radical (unpaired) electrons. The van der Waals surface area contributed by atoms with Crippen LogP contribution in [0, 0.1) is 23.7 Å². The first kappa shape index (κ1) is 42.3. The van der Waals surface area contributed by atoms with Crippen LogP contribution in [-0.4, -0.2) is 49.7 Å². The van der Waals surface area contributed by atoms with Gasteiger partial charge in [0.05, 0.1) is 19.1 Å². The minimum atomic E-state index is -0.820. The summed E-state index contributed by atoms with van der Waals surface area (Å²) < 4.78 is 17.0. The van der Waals surface area contributed by atoms with E-state index >= 15 is 0 Å². The summed E-state index contributed by atoms with van der Waals surface area (Å²) in [6.45, 7) is 4.09. The van der Waals surface area contributed by atoms with Crippen molar-refractivity contribution in [3.8, 4) is 5.75 Å². The van der Waals surface area contributed by atoms with E-state index in [1.807, 2.05) is 24.3 Å². The average molecular weight is 793 g/mol. The number of unbranched alkanes of at least 4 members (excludes halogenated alkanes) is 3. The van der Waals surface area contributed by atoms with Crippen molar-refractivity contribution >= 4 is 39.9 Å². The molecular formula is C39H55BrClN3O7. The van der Waals surface area contributed by atoms with Gasteiger partial charge in [0.15, 0.2) is 0 Å². The molecule has 2 saturated carbocycles. The first-order valence-electron chi connectivity index (χ1n) is 18.5. The highest BCUT2D eigenvalue weighted by molar-refractivity contribution is 9.10. The van der Waals surface area contributed by atoms with Crippen LogP contribution in [0.1, 0.15) is 95.1 Å². The van der Waals surface area contributed by atoms with E-state index < -0.39 is 12.2 Å². The van der Waals surface area contributed by atoms with Gasteiger partial charge in [-0.05, 0) is 87.5 Å². The molecule has 5 N–H and O–H groups in total. The van der Waals surface area contributed by atoms with Crippen molar-refractivity contribution < 1.29 is 51.5 Å². The van der Waals surface area contributed by atoms with Crippen molar-refractivity contribution in [1.82, 2.24) is 10.6 Å². The lowest BCUT2D eigenvalue weighted by molar-refractivity contribution is -0.380. The molecule has 0 saturated heterocycles. The van der Waals surface area contributed by atoms with Gasteiger partial charge in [-0.1, -0.05) is 72.4 Å². The Hall–Kier alpha value is -3.15. The molecule has 1 atom stereocenters. The SMILES string of the molecule is CCCCCCOC(=O)C1CCC(CNC(=O)[C@H](Cc2ccc(OC(=O)OCc3ccccc3Br)cc2)NC(=O)C2CCC(C[NH3+])CC2)CC1.[Cl-]. The van der Waals surface area contributed by atoms with Crippen molar-refractivity contribution in [3.05, 3.63) is 64.1 Å². The fourth-order valence-corrected chi connectivity index (χ4v) is 7.21. The normalized spacial score (nSPS) is 20.6. The van der Waals surface area contributed by atoms with E-state index in [2.05, 4.69) is 39.2 Å². The van der Waals surface area contributed by atoms with Crippen LogP contribution >= 0.6 is 15.9 Å². The lowest BCUT2D eigenvalue weighted by Crippen LogP contribution is -3.00. The zero-order valence-corrected chi connectivity index (χ0v) is 32.2. The molecule has 0 heterocycles. The van der Waals surface area contributed by atoms with Crippen LogP contribution in [0.4, 0.5) is 4.79 Å². The van der Waals surface area contributed by atoms with Crippen LogP contribution in [0.5, 0.6) is 5.75 Å². The molecule has 2 aliphatic carbocycles. The van der Waals surface area contributed by atoms with Gasteiger partial charge in [-0.15, -0.1) is 0 Å². The molecule has 0 bridgehead atoms. The molecule has 12 heteroatoms. The van der Waals surface area contributed by atoms with Gasteiger partial charge in [0.1, 0.15) is 18.4 Å². The van der Waals surface area contributed by atoms with Crippen LogP contribution in [0.25, 0.3) is 0 Å². The van der Waals surface area contributed by atoms with Crippen molar-refractivity contribution in [2.75, 3.05) is 19.7 Å². The van der Waals surface area contributed by atoms with Gasteiger partial charge in [-0.2, -0.15) is 0 Å². The Kier molecular flexibility index (Phi) is 18.8. The van der Waals surface area contributed by atoms with E-state index in [0.29, 0.717) is 24.8 Å². The zero-order chi connectivity index (χ0) is 35.7. The number of nitrogens with one attached hydrogen (secondary N) is 2. The predicted octanol–water partition coefficient (Wildman–Crippen LogP) is 3.29. The van der Waals surface area contributed by atoms with Gasteiger partial charge in [0.2, 0.25) is 11.8 Å². The minimum absolute atomic E-state index is 0. The van der Waals surface area contributed by atoms with Gasteiger partial charge in [-0.25, -0.2) is 4.79 Å². The highest BCUT2D eigenvalue weighted by Crippen LogP contribution is 2.30. The Balaban J connectivity index is 0.00000702. The molecule has 10 nitrogen and oxygen atoms in total. The van der Waals surface area contributed by atoms with Gasteiger partial charge in [-0.3, -0.25) is 14.4 Å². The smallest absolute Gasteiger partial charge is 0.514 e. The second-order valence-electron chi connectivity index (χ2n) is 13.8. The second-order valence-corrected chi connectivity index (χ2v) is 14.7. The van der Waals surface area contributed by atoms with E-state index in [1.165, 1.54) is 0 Å². The van der Waals surface area contributed by atoms with E-state index in [0.717, 1.165) is 99.2 Å². The predicted molar refractivity (Wildman–Crippen MR) is 194 cm³/mol. The molecule has 2 amide bonds. The fourth-order valence-electron chi connectivity index (χ4n) is 6.81.